The summed E-state index contributed by atoms with van der Waals surface area (Å²) in [4.78, 5) is 0. The number of alkyl halides is 3. The standard InChI is InChI=1S/C8H6F5N/c1-3-2-4(14)6(9)7(10)5(3)8(11,12)13/h2H,14H2,1H3. The fourth-order valence-corrected chi connectivity index (χ4v) is 1.13. The third kappa shape index (κ3) is 1.64. The van der Waals surface area contributed by atoms with E-state index in [0.717, 1.165) is 13.0 Å². The highest BCUT2D eigenvalue weighted by atomic mass is 19.4. The zero-order valence-corrected chi connectivity index (χ0v) is 7.04. The summed E-state index contributed by atoms with van der Waals surface area (Å²) in [7, 11) is 0. The minimum Gasteiger partial charge on any atom is -0.396 e. The van der Waals surface area contributed by atoms with Crippen LogP contribution in [-0.2, 0) is 6.18 Å². The monoisotopic (exact) mass is 211 g/mol. The minimum absolute atomic E-state index is 0.436. The Kier molecular flexibility index (Phi) is 2.39. The molecule has 0 fully saturated rings. The van der Waals surface area contributed by atoms with Crippen molar-refractivity contribution in [3.05, 3.63) is 28.8 Å². The van der Waals surface area contributed by atoms with Gasteiger partial charge in [0.2, 0.25) is 0 Å². The molecule has 0 aliphatic rings. The molecule has 0 aliphatic carbocycles. The molecule has 14 heavy (non-hydrogen) atoms. The van der Waals surface area contributed by atoms with Gasteiger partial charge >= 0.3 is 6.18 Å². The molecule has 0 bridgehead atoms. The van der Waals surface area contributed by atoms with Crippen LogP contribution in [0.15, 0.2) is 6.07 Å². The lowest BCUT2D eigenvalue weighted by molar-refractivity contribution is -0.140. The summed E-state index contributed by atoms with van der Waals surface area (Å²) >= 11 is 0. The van der Waals surface area contributed by atoms with Gasteiger partial charge in [-0.05, 0) is 18.6 Å². The Hall–Kier alpha value is -1.33. The van der Waals surface area contributed by atoms with Gasteiger partial charge in [-0.25, -0.2) is 8.78 Å². The van der Waals surface area contributed by atoms with Crippen molar-refractivity contribution in [2.24, 2.45) is 0 Å². The summed E-state index contributed by atoms with van der Waals surface area (Å²) in [6.07, 6.45) is -4.91. The Balaban J connectivity index is 3.53. The van der Waals surface area contributed by atoms with Crippen molar-refractivity contribution in [1.82, 2.24) is 0 Å². The van der Waals surface area contributed by atoms with Crippen molar-refractivity contribution in [3.8, 4) is 0 Å². The Bertz CT molecular complexity index is 369. The third-order valence-electron chi connectivity index (χ3n) is 1.72. The number of nitrogen functional groups attached to an aromatic ring is 1. The summed E-state index contributed by atoms with van der Waals surface area (Å²) < 4.78 is 62.1. The largest absolute Gasteiger partial charge is 0.419 e. The number of benzene rings is 1. The second kappa shape index (κ2) is 3.11. The molecule has 1 aromatic carbocycles. The molecule has 0 atom stereocenters. The fraction of sp³-hybridized carbons (Fsp3) is 0.250. The molecule has 0 radical (unpaired) electrons. The highest BCUT2D eigenvalue weighted by Gasteiger charge is 2.37. The summed E-state index contributed by atoms with van der Waals surface area (Å²) in [6.45, 7) is 1.02. The van der Waals surface area contributed by atoms with E-state index in [1.54, 1.807) is 0 Å². The van der Waals surface area contributed by atoms with Crippen LogP contribution in [0.2, 0.25) is 0 Å². The number of hydrogen-bond donors (Lipinski definition) is 1. The van der Waals surface area contributed by atoms with Gasteiger partial charge in [-0.2, -0.15) is 13.2 Å². The second-order valence-electron chi connectivity index (χ2n) is 2.78. The fourth-order valence-electron chi connectivity index (χ4n) is 1.13. The topological polar surface area (TPSA) is 26.0 Å². The van der Waals surface area contributed by atoms with Crippen molar-refractivity contribution in [2.45, 2.75) is 13.1 Å². The van der Waals surface area contributed by atoms with Crippen molar-refractivity contribution >= 4 is 5.69 Å². The van der Waals surface area contributed by atoms with E-state index in [4.69, 9.17) is 5.73 Å². The first-order valence-electron chi connectivity index (χ1n) is 3.56. The van der Waals surface area contributed by atoms with Gasteiger partial charge in [-0.1, -0.05) is 0 Å². The van der Waals surface area contributed by atoms with Crippen LogP contribution < -0.4 is 5.73 Å². The maximum Gasteiger partial charge on any atom is 0.419 e. The number of rotatable bonds is 0. The van der Waals surface area contributed by atoms with Crippen molar-refractivity contribution in [1.29, 1.82) is 0 Å². The molecular weight excluding hydrogens is 205 g/mol. The number of anilines is 1. The smallest absolute Gasteiger partial charge is 0.396 e. The van der Waals surface area contributed by atoms with Crippen LogP contribution in [0.25, 0.3) is 0 Å². The van der Waals surface area contributed by atoms with Crippen molar-refractivity contribution in [2.75, 3.05) is 5.73 Å². The van der Waals surface area contributed by atoms with Gasteiger partial charge in [0.15, 0.2) is 11.6 Å². The Labute approximate surface area is 76.3 Å². The molecule has 78 valence electrons. The van der Waals surface area contributed by atoms with E-state index in [9.17, 15) is 22.0 Å². The number of aryl methyl sites for hydroxylation is 1. The first-order valence-corrected chi connectivity index (χ1v) is 3.56. The van der Waals surface area contributed by atoms with Gasteiger partial charge in [0.25, 0.3) is 0 Å². The lowest BCUT2D eigenvalue weighted by Crippen LogP contribution is -2.13. The Morgan fingerprint density at radius 1 is 1.14 bits per heavy atom. The Morgan fingerprint density at radius 2 is 1.64 bits per heavy atom. The van der Waals surface area contributed by atoms with Gasteiger partial charge in [0.05, 0.1) is 11.3 Å². The van der Waals surface area contributed by atoms with Crippen molar-refractivity contribution in [3.63, 3.8) is 0 Å². The summed E-state index contributed by atoms with van der Waals surface area (Å²) in [5.41, 5.74) is 2.28. The van der Waals surface area contributed by atoms with Crippen LogP contribution in [0, 0.1) is 18.6 Å². The molecule has 0 amide bonds. The van der Waals surface area contributed by atoms with E-state index >= 15 is 0 Å². The quantitative estimate of drug-likeness (QED) is 0.518. The molecule has 6 heteroatoms. The molecule has 0 heterocycles. The molecule has 0 unspecified atom stereocenters. The van der Waals surface area contributed by atoms with Crippen molar-refractivity contribution < 1.29 is 22.0 Å². The molecule has 0 aliphatic heterocycles. The van der Waals surface area contributed by atoms with E-state index in [1.165, 1.54) is 0 Å². The molecule has 0 saturated carbocycles. The van der Waals surface area contributed by atoms with Crippen LogP contribution in [0.3, 0.4) is 0 Å². The average molecular weight is 211 g/mol. The molecule has 0 saturated heterocycles. The maximum absolute atomic E-state index is 12.8. The van der Waals surface area contributed by atoms with E-state index in [1.807, 2.05) is 0 Å². The van der Waals surface area contributed by atoms with Gasteiger partial charge < -0.3 is 5.73 Å². The number of halogens is 5. The first kappa shape index (κ1) is 10.7. The molecule has 1 nitrogen and oxygen atoms in total. The predicted octanol–water partition coefficient (Wildman–Crippen LogP) is 2.87. The number of hydrogen-bond acceptors (Lipinski definition) is 1. The number of nitrogens with two attached hydrogens (primary N) is 1. The lowest BCUT2D eigenvalue weighted by atomic mass is 10.1. The molecule has 0 aromatic heterocycles. The van der Waals surface area contributed by atoms with E-state index < -0.39 is 34.6 Å². The van der Waals surface area contributed by atoms with Crippen LogP contribution in [0.4, 0.5) is 27.6 Å². The lowest BCUT2D eigenvalue weighted by Gasteiger charge is -2.12. The third-order valence-corrected chi connectivity index (χ3v) is 1.72. The van der Waals surface area contributed by atoms with Gasteiger partial charge in [0.1, 0.15) is 0 Å². The first-order chi connectivity index (χ1) is 6.25. The maximum atomic E-state index is 12.8. The van der Waals surface area contributed by atoms with Gasteiger partial charge in [-0.3, -0.25) is 0 Å². The van der Waals surface area contributed by atoms with Crippen LogP contribution >= 0.6 is 0 Å². The highest BCUT2D eigenvalue weighted by Crippen LogP contribution is 2.36. The minimum atomic E-state index is -4.91. The Morgan fingerprint density at radius 3 is 2.07 bits per heavy atom. The summed E-state index contributed by atoms with van der Waals surface area (Å²) in [6, 6.07) is 0.751. The van der Waals surface area contributed by atoms with E-state index in [2.05, 4.69) is 0 Å². The zero-order chi connectivity index (χ0) is 11.1. The molecule has 0 spiro atoms. The summed E-state index contributed by atoms with van der Waals surface area (Å²) in [5, 5.41) is 0. The molecule has 2 N–H and O–H groups in total. The van der Waals surface area contributed by atoms with Gasteiger partial charge in [0, 0.05) is 0 Å². The molecule has 1 rings (SSSR count). The molecular formula is C8H6F5N. The zero-order valence-electron chi connectivity index (χ0n) is 7.04. The highest BCUT2D eigenvalue weighted by molar-refractivity contribution is 5.47. The average Bonchev–Trinajstić information content (AvgIpc) is 1.97. The SMILES string of the molecule is Cc1cc(N)c(F)c(F)c1C(F)(F)F. The van der Waals surface area contributed by atoms with Gasteiger partial charge in [-0.15, -0.1) is 0 Å². The van der Waals surface area contributed by atoms with Crippen LogP contribution in [0.5, 0.6) is 0 Å². The van der Waals surface area contributed by atoms with Crippen LogP contribution in [-0.4, -0.2) is 0 Å². The predicted molar refractivity (Wildman–Crippen MR) is 40.5 cm³/mol. The normalized spacial score (nSPS) is 11.9. The van der Waals surface area contributed by atoms with Crippen LogP contribution in [0.1, 0.15) is 11.1 Å². The van der Waals surface area contributed by atoms with E-state index in [0.29, 0.717) is 0 Å². The molecule has 1 aromatic rings. The summed E-state index contributed by atoms with van der Waals surface area (Å²) in [5.74, 6) is -3.61. The van der Waals surface area contributed by atoms with E-state index in [-0.39, 0.29) is 0 Å². The second-order valence-corrected chi connectivity index (χ2v) is 2.78.